The van der Waals surface area contributed by atoms with Crippen molar-refractivity contribution in [3.8, 4) is 0 Å². The Kier molecular flexibility index (Phi) is 8.63. The van der Waals surface area contributed by atoms with Gasteiger partial charge in [-0.05, 0) is 52.9 Å². The molecule has 7 aromatic carbocycles. The summed E-state index contributed by atoms with van der Waals surface area (Å²) in [7, 11) is 0. The Labute approximate surface area is 283 Å². The first-order chi connectivity index (χ1) is 24.0. The van der Waals surface area contributed by atoms with Crippen molar-refractivity contribution in [2.45, 2.75) is 13.1 Å². The third kappa shape index (κ3) is 6.25. The maximum atomic E-state index is 14.7. The highest BCUT2D eigenvalue weighted by Crippen LogP contribution is 2.35. The van der Waals surface area contributed by atoms with Crippen molar-refractivity contribution in [2.75, 3.05) is 9.80 Å². The molecule has 0 unspecified atom stereocenters. The summed E-state index contributed by atoms with van der Waals surface area (Å²) in [4.78, 5) is 44.1. The number of nitro groups is 1. The summed E-state index contributed by atoms with van der Waals surface area (Å²) in [6.45, 7) is 0.623. The van der Waals surface area contributed by atoms with Gasteiger partial charge in [-0.15, -0.1) is 0 Å². The number of rotatable bonds is 9. The summed E-state index contributed by atoms with van der Waals surface area (Å²) >= 11 is 0. The Morgan fingerprint density at radius 2 is 0.898 bits per heavy atom. The summed E-state index contributed by atoms with van der Waals surface area (Å²) in [5.74, 6) is -0.478. The van der Waals surface area contributed by atoms with Gasteiger partial charge in [0.25, 0.3) is 17.5 Å². The van der Waals surface area contributed by atoms with Gasteiger partial charge >= 0.3 is 0 Å². The molecule has 0 atom stereocenters. The van der Waals surface area contributed by atoms with E-state index in [1.54, 1.807) is 40.1 Å². The van der Waals surface area contributed by atoms with Crippen LogP contribution in [0.15, 0.2) is 164 Å². The van der Waals surface area contributed by atoms with E-state index in [-0.39, 0.29) is 24.0 Å². The molecule has 2 amide bonds. The first-order valence-electron chi connectivity index (χ1n) is 15.9. The standard InChI is InChI=1S/C42H31N3O4/c46-41(43(32-18-8-3-9-19-32)28-30-14-4-1-5-15-30)37-24-26-39(35-22-12-10-20-33(35)37)44(29-31-16-6-2-7-17-31)42(47)38-25-27-40(45(48)49)36-23-13-11-21-34(36)38/h1-27H,28-29H2. The Balaban J connectivity index is 1.36. The highest BCUT2D eigenvalue weighted by atomic mass is 16.6. The monoisotopic (exact) mass is 641 g/mol. The van der Waals surface area contributed by atoms with Crippen molar-refractivity contribution in [2.24, 2.45) is 0 Å². The van der Waals surface area contributed by atoms with E-state index in [0.717, 1.165) is 22.2 Å². The number of amides is 2. The fraction of sp³-hybridized carbons (Fsp3) is 0.0476. The number of nitro benzene ring substituents is 1. The minimum Gasteiger partial charge on any atom is -0.304 e. The van der Waals surface area contributed by atoms with E-state index in [0.29, 0.717) is 39.5 Å². The largest absolute Gasteiger partial charge is 0.304 e. The quantitative estimate of drug-likeness (QED) is 0.116. The third-order valence-electron chi connectivity index (χ3n) is 8.68. The van der Waals surface area contributed by atoms with Crippen LogP contribution in [0.2, 0.25) is 0 Å². The second kappa shape index (κ2) is 13.6. The van der Waals surface area contributed by atoms with Crippen molar-refractivity contribution in [3.05, 3.63) is 196 Å². The number of non-ortho nitro benzene ring substituents is 1. The van der Waals surface area contributed by atoms with E-state index in [4.69, 9.17) is 0 Å². The number of hydrogen-bond acceptors (Lipinski definition) is 4. The lowest BCUT2D eigenvalue weighted by molar-refractivity contribution is -0.383. The highest BCUT2D eigenvalue weighted by molar-refractivity contribution is 6.20. The zero-order chi connectivity index (χ0) is 33.7. The summed E-state index contributed by atoms with van der Waals surface area (Å²) < 4.78 is 0. The molecule has 7 nitrogen and oxygen atoms in total. The molecule has 0 spiro atoms. The molecular formula is C42H31N3O4. The lowest BCUT2D eigenvalue weighted by Crippen LogP contribution is -2.32. The maximum absolute atomic E-state index is 14.7. The van der Waals surface area contributed by atoms with Crippen LogP contribution in [0, 0.1) is 10.1 Å². The number of hydrogen-bond donors (Lipinski definition) is 0. The van der Waals surface area contributed by atoms with Gasteiger partial charge in [0.15, 0.2) is 0 Å². The van der Waals surface area contributed by atoms with Crippen LogP contribution < -0.4 is 9.80 Å². The number of para-hydroxylation sites is 1. The summed E-state index contributed by atoms with van der Waals surface area (Å²) in [5.41, 5.74) is 4.09. The average Bonchev–Trinajstić information content (AvgIpc) is 3.16. The molecule has 0 fully saturated rings. The van der Waals surface area contributed by atoms with E-state index in [1.807, 2.05) is 121 Å². The molecule has 0 radical (unpaired) electrons. The Morgan fingerprint density at radius 1 is 0.469 bits per heavy atom. The predicted octanol–water partition coefficient (Wildman–Crippen LogP) is 9.60. The van der Waals surface area contributed by atoms with E-state index in [1.165, 1.54) is 12.1 Å². The van der Waals surface area contributed by atoms with Crippen LogP contribution in [-0.4, -0.2) is 16.7 Å². The van der Waals surface area contributed by atoms with Gasteiger partial charge in [-0.25, -0.2) is 0 Å². The van der Waals surface area contributed by atoms with Gasteiger partial charge in [0.2, 0.25) is 0 Å². The molecular weight excluding hydrogens is 610 g/mol. The SMILES string of the molecule is O=C(c1ccc(N(Cc2ccccc2)C(=O)c2ccc([N+](=O)[O-])c3ccccc23)c2ccccc12)N(Cc1ccccc1)c1ccccc1. The molecule has 0 saturated heterocycles. The minimum absolute atomic E-state index is 0.0615. The number of nitrogens with zero attached hydrogens (tertiary/aromatic N) is 3. The molecule has 7 rings (SSSR count). The molecule has 0 aliphatic rings. The predicted molar refractivity (Wildman–Crippen MR) is 195 cm³/mol. The van der Waals surface area contributed by atoms with Crippen LogP contribution in [0.25, 0.3) is 21.5 Å². The van der Waals surface area contributed by atoms with Crippen molar-refractivity contribution >= 4 is 50.4 Å². The fourth-order valence-corrected chi connectivity index (χ4v) is 6.31. The van der Waals surface area contributed by atoms with Gasteiger partial charge in [-0.2, -0.15) is 0 Å². The first kappa shape index (κ1) is 31.0. The minimum atomic E-state index is -0.432. The second-order valence-electron chi connectivity index (χ2n) is 11.7. The fourth-order valence-electron chi connectivity index (χ4n) is 6.31. The van der Waals surface area contributed by atoms with Crippen molar-refractivity contribution in [1.29, 1.82) is 0 Å². The van der Waals surface area contributed by atoms with E-state index < -0.39 is 4.92 Å². The molecule has 0 aliphatic carbocycles. The molecule has 0 heterocycles. The molecule has 7 heteroatoms. The lowest BCUT2D eigenvalue weighted by Gasteiger charge is -2.27. The van der Waals surface area contributed by atoms with Gasteiger partial charge in [-0.3, -0.25) is 19.7 Å². The van der Waals surface area contributed by atoms with E-state index >= 15 is 0 Å². The van der Waals surface area contributed by atoms with Gasteiger partial charge in [0, 0.05) is 33.7 Å². The van der Waals surface area contributed by atoms with Crippen LogP contribution >= 0.6 is 0 Å². The number of carbonyl (C=O) groups excluding carboxylic acids is 2. The molecule has 49 heavy (non-hydrogen) atoms. The van der Waals surface area contributed by atoms with Crippen LogP contribution in [0.5, 0.6) is 0 Å². The molecule has 238 valence electrons. The number of carbonyl (C=O) groups is 2. The van der Waals surface area contributed by atoms with Crippen molar-refractivity contribution in [1.82, 2.24) is 0 Å². The number of fused-ring (bicyclic) bond motifs is 2. The molecule has 0 aliphatic heterocycles. The first-order valence-corrected chi connectivity index (χ1v) is 15.9. The normalized spacial score (nSPS) is 10.9. The Hall–Kier alpha value is -6.60. The average molecular weight is 642 g/mol. The third-order valence-corrected chi connectivity index (χ3v) is 8.68. The highest BCUT2D eigenvalue weighted by Gasteiger charge is 2.27. The van der Waals surface area contributed by atoms with Gasteiger partial charge in [0.1, 0.15) is 0 Å². The molecule has 7 aromatic rings. The number of benzene rings is 7. The topological polar surface area (TPSA) is 83.8 Å². The smallest absolute Gasteiger partial charge is 0.277 e. The maximum Gasteiger partial charge on any atom is 0.277 e. The summed E-state index contributed by atoms with van der Waals surface area (Å²) in [6.07, 6.45) is 0. The van der Waals surface area contributed by atoms with Gasteiger partial charge in [0.05, 0.1) is 29.1 Å². The summed E-state index contributed by atoms with van der Waals surface area (Å²) in [6, 6.07) is 50.2. The van der Waals surface area contributed by atoms with Crippen LogP contribution in [-0.2, 0) is 13.1 Å². The zero-order valence-electron chi connectivity index (χ0n) is 26.5. The molecule has 0 saturated carbocycles. The zero-order valence-corrected chi connectivity index (χ0v) is 26.5. The van der Waals surface area contributed by atoms with E-state index in [2.05, 4.69) is 0 Å². The molecule has 0 N–H and O–H groups in total. The number of anilines is 2. The van der Waals surface area contributed by atoms with E-state index in [9.17, 15) is 19.7 Å². The lowest BCUT2D eigenvalue weighted by atomic mass is 9.98. The molecule has 0 bridgehead atoms. The van der Waals surface area contributed by atoms with Crippen LogP contribution in [0.3, 0.4) is 0 Å². The van der Waals surface area contributed by atoms with Crippen LogP contribution in [0.1, 0.15) is 31.8 Å². The Morgan fingerprint density at radius 3 is 1.47 bits per heavy atom. The van der Waals surface area contributed by atoms with Gasteiger partial charge < -0.3 is 9.80 Å². The Bertz CT molecular complexity index is 2310. The van der Waals surface area contributed by atoms with Crippen molar-refractivity contribution in [3.63, 3.8) is 0 Å². The van der Waals surface area contributed by atoms with Crippen molar-refractivity contribution < 1.29 is 14.5 Å². The second-order valence-corrected chi connectivity index (χ2v) is 11.7. The molecule has 0 aromatic heterocycles. The van der Waals surface area contributed by atoms with Crippen LogP contribution in [0.4, 0.5) is 17.1 Å². The van der Waals surface area contributed by atoms with Gasteiger partial charge in [-0.1, -0.05) is 121 Å². The summed E-state index contributed by atoms with van der Waals surface area (Å²) in [5, 5.41) is 14.2.